The van der Waals surface area contributed by atoms with E-state index in [-0.39, 0.29) is 5.28 Å². The highest BCUT2D eigenvalue weighted by molar-refractivity contribution is 6.28. The van der Waals surface area contributed by atoms with E-state index in [1.54, 1.807) is 6.33 Å². The topological polar surface area (TPSA) is 55.6 Å². The van der Waals surface area contributed by atoms with Crippen molar-refractivity contribution >= 4 is 28.6 Å². The molecule has 3 rings (SSSR count). The van der Waals surface area contributed by atoms with E-state index in [0.717, 1.165) is 17.0 Å². The predicted octanol–water partition coefficient (Wildman–Crippen LogP) is 1.59. The molecule has 1 N–H and O–H groups in total. The second kappa shape index (κ2) is 3.06. The third kappa shape index (κ3) is 1.52. The third-order valence-electron chi connectivity index (χ3n) is 2.45. The maximum absolute atomic E-state index is 5.85. The van der Waals surface area contributed by atoms with E-state index in [4.69, 9.17) is 11.6 Å². The number of hydrogen-bond donors (Lipinski definition) is 1. The number of fused-ring (bicyclic) bond motifs is 1. The first-order valence-electron chi connectivity index (χ1n) is 4.85. The molecule has 2 aromatic heterocycles. The molecule has 0 aromatic carbocycles. The van der Waals surface area contributed by atoms with Gasteiger partial charge in [-0.15, -0.1) is 0 Å². The summed E-state index contributed by atoms with van der Waals surface area (Å²) in [6.45, 7) is 0. The number of aryl methyl sites for hydroxylation is 1. The van der Waals surface area contributed by atoms with E-state index in [0.29, 0.717) is 6.04 Å². The first-order valence-corrected chi connectivity index (χ1v) is 5.23. The van der Waals surface area contributed by atoms with Crippen LogP contribution in [0.2, 0.25) is 5.28 Å². The van der Waals surface area contributed by atoms with Gasteiger partial charge < -0.3 is 9.88 Å². The Balaban J connectivity index is 2.16. The number of rotatable bonds is 2. The van der Waals surface area contributed by atoms with Gasteiger partial charge in [0.05, 0.1) is 6.33 Å². The van der Waals surface area contributed by atoms with Crippen molar-refractivity contribution in [2.45, 2.75) is 18.9 Å². The van der Waals surface area contributed by atoms with Crippen LogP contribution in [0.25, 0.3) is 11.2 Å². The number of hydrogen-bond acceptors (Lipinski definition) is 4. The lowest BCUT2D eigenvalue weighted by molar-refractivity contribution is 0.928. The number of nitrogens with zero attached hydrogens (tertiary/aromatic N) is 4. The molecule has 0 amide bonds. The van der Waals surface area contributed by atoms with Crippen LogP contribution >= 0.6 is 11.6 Å². The Bertz CT molecular complexity index is 516. The standard InChI is InChI=1S/C9H10ClN5/c1-15-4-11-6-7(12-5-2-3-5)13-9(10)14-8(6)15/h4-5H,2-3H2,1H3,(H,12,13,14). The van der Waals surface area contributed by atoms with Gasteiger partial charge in [-0.2, -0.15) is 9.97 Å². The fourth-order valence-corrected chi connectivity index (χ4v) is 1.67. The number of halogens is 1. The lowest BCUT2D eigenvalue weighted by atomic mass is 10.4. The average Bonchev–Trinajstić information content (AvgIpc) is 2.92. The summed E-state index contributed by atoms with van der Waals surface area (Å²) < 4.78 is 1.83. The van der Waals surface area contributed by atoms with Gasteiger partial charge in [-0.1, -0.05) is 0 Å². The van der Waals surface area contributed by atoms with E-state index in [2.05, 4.69) is 20.3 Å². The Labute approximate surface area is 91.5 Å². The molecule has 1 aliphatic rings. The van der Waals surface area contributed by atoms with Crippen LogP contribution in [0.1, 0.15) is 12.8 Å². The van der Waals surface area contributed by atoms with E-state index in [1.165, 1.54) is 12.8 Å². The van der Waals surface area contributed by atoms with E-state index < -0.39 is 0 Å². The van der Waals surface area contributed by atoms with Crippen LogP contribution in [0.5, 0.6) is 0 Å². The van der Waals surface area contributed by atoms with E-state index in [9.17, 15) is 0 Å². The SMILES string of the molecule is Cn1cnc2c(NC3CC3)nc(Cl)nc21. The summed E-state index contributed by atoms with van der Waals surface area (Å²) >= 11 is 5.85. The zero-order valence-corrected chi connectivity index (χ0v) is 8.99. The zero-order valence-electron chi connectivity index (χ0n) is 8.24. The fourth-order valence-electron chi connectivity index (χ4n) is 1.50. The fraction of sp³-hybridized carbons (Fsp3) is 0.444. The van der Waals surface area contributed by atoms with Crippen molar-refractivity contribution in [1.82, 2.24) is 19.5 Å². The molecule has 0 saturated heterocycles. The zero-order chi connectivity index (χ0) is 10.4. The molecule has 15 heavy (non-hydrogen) atoms. The molecule has 0 radical (unpaired) electrons. The second-order valence-corrected chi connectivity index (χ2v) is 4.13. The van der Waals surface area contributed by atoms with Gasteiger partial charge in [-0.3, -0.25) is 0 Å². The molecule has 1 fully saturated rings. The third-order valence-corrected chi connectivity index (χ3v) is 2.62. The summed E-state index contributed by atoms with van der Waals surface area (Å²) in [5, 5.41) is 3.56. The van der Waals surface area contributed by atoms with Crippen LogP contribution in [0.15, 0.2) is 6.33 Å². The highest BCUT2D eigenvalue weighted by Gasteiger charge is 2.23. The summed E-state index contributed by atoms with van der Waals surface area (Å²) in [5.74, 6) is 0.744. The maximum atomic E-state index is 5.85. The van der Waals surface area contributed by atoms with Crippen LogP contribution in [0.3, 0.4) is 0 Å². The molecular weight excluding hydrogens is 214 g/mol. The second-order valence-electron chi connectivity index (χ2n) is 3.79. The first kappa shape index (κ1) is 8.91. The largest absolute Gasteiger partial charge is 0.365 e. The minimum absolute atomic E-state index is 0.259. The monoisotopic (exact) mass is 223 g/mol. The summed E-state index contributed by atoms with van der Waals surface area (Å²) in [6.07, 6.45) is 4.10. The van der Waals surface area contributed by atoms with Crippen molar-refractivity contribution in [3.63, 3.8) is 0 Å². The molecule has 5 nitrogen and oxygen atoms in total. The van der Waals surface area contributed by atoms with Gasteiger partial charge in [0.1, 0.15) is 0 Å². The number of nitrogens with one attached hydrogen (secondary N) is 1. The molecule has 0 atom stereocenters. The molecule has 1 saturated carbocycles. The van der Waals surface area contributed by atoms with Crippen molar-refractivity contribution in [1.29, 1.82) is 0 Å². The number of imidazole rings is 1. The van der Waals surface area contributed by atoms with Crippen LogP contribution in [0, 0.1) is 0 Å². The minimum Gasteiger partial charge on any atom is -0.365 e. The Morgan fingerprint density at radius 3 is 3.00 bits per heavy atom. The molecular formula is C9H10ClN5. The molecule has 0 unspecified atom stereocenters. The van der Waals surface area contributed by atoms with Gasteiger partial charge in [0, 0.05) is 13.1 Å². The lowest BCUT2D eigenvalue weighted by Gasteiger charge is -2.04. The molecule has 0 aliphatic heterocycles. The van der Waals surface area contributed by atoms with Crippen LogP contribution < -0.4 is 5.32 Å². The van der Waals surface area contributed by atoms with Gasteiger partial charge in [0.25, 0.3) is 0 Å². The summed E-state index contributed by atoms with van der Waals surface area (Å²) in [5.41, 5.74) is 1.55. The average molecular weight is 224 g/mol. The highest BCUT2D eigenvalue weighted by Crippen LogP contribution is 2.27. The van der Waals surface area contributed by atoms with Gasteiger partial charge in [-0.25, -0.2) is 4.98 Å². The van der Waals surface area contributed by atoms with Gasteiger partial charge in [-0.05, 0) is 24.4 Å². The maximum Gasteiger partial charge on any atom is 0.226 e. The van der Waals surface area contributed by atoms with Crippen LogP contribution in [-0.2, 0) is 7.05 Å². The van der Waals surface area contributed by atoms with Crippen LogP contribution in [-0.4, -0.2) is 25.6 Å². The minimum atomic E-state index is 0.259. The summed E-state index contributed by atoms with van der Waals surface area (Å²) in [7, 11) is 1.89. The van der Waals surface area contributed by atoms with Gasteiger partial charge in [0.15, 0.2) is 17.0 Å². The highest BCUT2D eigenvalue weighted by atomic mass is 35.5. The van der Waals surface area contributed by atoms with Crippen molar-refractivity contribution < 1.29 is 0 Å². The van der Waals surface area contributed by atoms with Crippen molar-refractivity contribution in [3.8, 4) is 0 Å². The molecule has 6 heteroatoms. The predicted molar refractivity (Wildman–Crippen MR) is 58.0 cm³/mol. The Hall–Kier alpha value is -1.36. The molecule has 78 valence electrons. The molecule has 1 aliphatic carbocycles. The Morgan fingerprint density at radius 1 is 1.47 bits per heavy atom. The summed E-state index contributed by atoms with van der Waals surface area (Å²) in [6, 6.07) is 0.529. The van der Waals surface area contributed by atoms with Crippen molar-refractivity contribution in [2.75, 3.05) is 5.32 Å². The number of aromatic nitrogens is 4. The molecule has 2 heterocycles. The molecule has 0 bridgehead atoms. The van der Waals surface area contributed by atoms with Crippen molar-refractivity contribution in [2.24, 2.45) is 7.05 Å². The lowest BCUT2D eigenvalue weighted by Crippen LogP contribution is -2.05. The van der Waals surface area contributed by atoms with E-state index >= 15 is 0 Å². The molecule has 0 spiro atoms. The first-order chi connectivity index (χ1) is 7.24. The van der Waals surface area contributed by atoms with Crippen molar-refractivity contribution in [3.05, 3.63) is 11.6 Å². The normalized spacial score (nSPS) is 15.9. The Kier molecular flexibility index (Phi) is 1.82. The number of anilines is 1. The Morgan fingerprint density at radius 2 is 2.27 bits per heavy atom. The van der Waals surface area contributed by atoms with Crippen LogP contribution in [0.4, 0.5) is 5.82 Å². The van der Waals surface area contributed by atoms with Gasteiger partial charge >= 0.3 is 0 Å². The smallest absolute Gasteiger partial charge is 0.226 e. The van der Waals surface area contributed by atoms with E-state index in [1.807, 2.05) is 11.6 Å². The molecule has 2 aromatic rings. The summed E-state index contributed by atoms with van der Waals surface area (Å²) in [4.78, 5) is 12.6. The van der Waals surface area contributed by atoms with Gasteiger partial charge in [0.2, 0.25) is 5.28 Å². The quantitative estimate of drug-likeness (QED) is 0.786.